The van der Waals surface area contributed by atoms with Crippen LogP contribution in [0.3, 0.4) is 0 Å². The van der Waals surface area contributed by atoms with Gasteiger partial charge in [-0.2, -0.15) is 0 Å². The minimum absolute atomic E-state index is 0.0613. The zero-order chi connectivity index (χ0) is 13.1. The monoisotopic (exact) mass is 320 g/mol. The van der Waals surface area contributed by atoms with E-state index >= 15 is 0 Å². The number of aliphatic hydroxyl groups excluding tert-OH is 1. The lowest BCUT2D eigenvalue weighted by Gasteiger charge is -2.34. The van der Waals surface area contributed by atoms with Crippen LogP contribution < -0.4 is 5.32 Å². The topological polar surface area (TPSA) is 35.5 Å². The van der Waals surface area contributed by atoms with Crippen LogP contribution in [0.4, 0.5) is 8.78 Å². The van der Waals surface area contributed by atoms with Crippen molar-refractivity contribution in [1.29, 1.82) is 0 Å². The molecule has 1 aliphatic rings. The first-order valence-electron chi connectivity index (χ1n) is 5.84. The summed E-state index contributed by atoms with van der Waals surface area (Å²) in [6, 6.07) is 1.91. The van der Waals surface area contributed by atoms with Gasteiger partial charge in [0.05, 0.1) is 17.1 Å². The van der Waals surface area contributed by atoms with Gasteiger partial charge in [0.2, 0.25) is 0 Å². The maximum Gasteiger partial charge on any atom is 0.145 e. The Morgan fingerprint density at radius 3 is 2.61 bits per heavy atom. The average molecular weight is 321 g/mol. The number of nitrogens with one attached hydrogen (secondary N) is 1. The van der Waals surface area contributed by atoms with Gasteiger partial charge in [0.1, 0.15) is 11.6 Å². The lowest BCUT2D eigenvalue weighted by Crippen LogP contribution is -2.46. The van der Waals surface area contributed by atoms with Gasteiger partial charge in [-0.3, -0.25) is 4.90 Å². The van der Waals surface area contributed by atoms with Crippen molar-refractivity contribution in [2.45, 2.75) is 6.04 Å². The van der Waals surface area contributed by atoms with Crippen LogP contribution in [0.5, 0.6) is 0 Å². The molecule has 1 fully saturated rings. The van der Waals surface area contributed by atoms with Crippen LogP contribution in [-0.4, -0.2) is 42.8 Å². The second-order valence-electron chi connectivity index (χ2n) is 4.24. The Labute approximate surface area is 113 Å². The van der Waals surface area contributed by atoms with E-state index in [0.717, 1.165) is 13.1 Å². The van der Waals surface area contributed by atoms with Crippen LogP contribution in [0, 0.1) is 11.6 Å². The minimum Gasteiger partial charge on any atom is -0.394 e. The highest BCUT2D eigenvalue weighted by atomic mass is 79.9. The predicted octanol–water partition coefficient (Wildman–Crippen LogP) is 1.67. The van der Waals surface area contributed by atoms with E-state index < -0.39 is 17.7 Å². The Balaban J connectivity index is 2.34. The number of rotatable bonds is 3. The summed E-state index contributed by atoms with van der Waals surface area (Å²) in [4.78, 5) is 1.89. The van der Waals surface area contributed by atoms with Crippen molar-refractivity contribution in [3.8, 4) is 0 Å². The molecule has 1 saturated heterocycles. The Morgan fingerprint density at radius 1 is 1.33 bits per heavy atom. The first-order chi connectivity index (χ1) is 8.65. The normalized spacial score (nSPS) is 18.9. The van der Waals surface area contributed by atoms with Gasteiger partial charge < -0.3 is 10.4 Å². The lowest BCUT2D eigenvalue weighted by molar-refractivity contribution is 0.105. The Hall–Kier alpha value is -0.560. The third-order valence-electron chi connectivity index (χ3n) is 3.18. The molecule has 2 N–H and O–H groups in total. The zero-order valence-corrected chi connectivity index (χ0v) is 11.4. The van der Waals surface area contributed by atoms with E-state index in [1.54, 1.807) is 0 Å². The molecule has 0 bridgehead atoms. The van der Waals surface area contributed by atoms with Crippen molar-refractivity contribution in [1.82, 2.24) is 10.2 Å². The van der Waals surface area contributed by atoms with Gasteiger partial charge in [-0.1, -0.05) is 0 Å². The summed E-state index contributed by atoms with van der Waals surface area (Å²) < 4.78 is 28.0. The van der Waals surface area contributed by atoms with E-state index in [0.29, 0.717) is 13.1 Å². The molecule has 6 heteroatoms. The molecule has 1 aromatic carbocycles. The van der Waals surface area contributed by atoms with Gasteiger partial charge in [-0.05, 0) is 28.1 Å². The van der Waals surface area contributed by atoms with Crippen molar-refractivity contribution in [3.05, 3.63) is 33.8 Å². The van der Waals surface area contributed by atoms with Crippen LogP contribution in [0.2, 0.25) is 0 Å². The molecule has 18 heavy (non-hydrogen) atoms. The summed E-state index contributed by atoms with van der Waals surface area (Å²) in [7, 11) is 0. The fourth-order valence-corrected chi connectivity index (χ4v) is 2.58. The summed E-state index contributed by atoms with van der Waals surface area (Å²) in [6.45, 7) is 2.54. The molecule has 1 atom stereocenters. The number of aliphatic hydroxyl groups is 1. The number of hydrogen-bond acceptors (Lipinski definition) is 3. The summed E-state index contributed by atoms with van der Waals surface area (Å²) in [5.74, 6) is -1.25. The summed E-state index contributed by atoms with van der Waals surface area (Å²) in [5.41, 5.74) is -0.0613. The van der Waals surface area contributed by atoms with E-state index in [1.807, 2.05) is 4.90 Å². The third kappa shape index (κ3) is 2.71. The highest BCUT2D eigenvalue weighted by molar-refractivity contribution is 9.10. The Kier molecular flexibility index (Phi) is 4.66. The summed E-state index contributed by atoms with van der Waals surface area (Å²) in [6.07, 6.45) is 0. The second-order valence-corrected chi connectivity index (χ2v) is 5.10. The number of hydrogen-bond donors (Lipinski definition) is 2. The SMILES string of the molecule is OC[C@H](c1c(F)ccc(Br)c1F)N1CCNCC1. The molecule has 2 rings (SSSR count). The largest absolute Gasteiger partial charge is 0.394 e. The van der Waals surface area contributed by atoms with Gasteiger partial charge in [0, 0.05) is 31.7 Å². The molecule has 1 aliphatic heterocycles. The van der Waals surface area contributed by atoms with Gasteiger partial charge in [-0.25, -0.2) is 8.78 Å². The van der Waals surface area contributed by atoms with Crippen molar-refractivity contribution < 1.29 is 13.9 Å². The highest BCUT2D eigenvalue weighted by Gasteiger charge is 2.27. The molecule has 0 aromatic heterocycles. The van der Waals surface area contributed by atoms with E-state index in [9.17, 15) is 13.9 Å². The summed E-state index contributed by atoms with van der Waals surface area (Å²) in [5, 5.41) is 12.6. The average Bonchev–Trinajstić information content (AvgIpc) is 2.40. The van der Waals surface area contributed by atoms with Crippen molar-refractivity contribution in [3.63, 3.8) is 0 Å². The van der Waals surface area contributed by atoms with Gasteiger partial charge >= 0.3 is 0 Å². The molecule has 0 saturated carbocycles. The van der Waals surface area contributed by atoms with Crippen molar-refractivity contribution in [2.75, 3.05) is 32.8 Å². The lowest BCUT2D eigenvalue weighted by atomic mass is 10.0. The molecule has 0 spiro atoms. The van der Waals surface area contributed by atoms with Gasteiger partial charge in [0.15, 0.2) is 0 Å². The second kappa shape index (κ2) is 6.06. The van der Waals surface area contributed by atoms with Crippen LogP contribution in [0.1, 0.15) is 11.6 Å². The highest BCUT2D eigenvalue weighted by Crippen LogP contribution is 2.30. The number of piperazine rings is 1. The third-order valence-corrected chi connectivity index (χ3v) is 3.79. The van der Waals surface area contributed by atoms with Gasteiger partial charge in [0.25, 0.3) is 0 Å². The molecule has 0 unspecified atom stereocenters. The molecule has 1 heterocycles. The van der Waals surface area contributed by atoms with Crippen LogP contribution >= 0.6 is 15.9 Å². The van der Waals surface area contributed by atoms with Crippen LogP contribution in [0.15, 0.2) is 16.6 Å². The summed E-state index contributed by atoms with van der Waals surface area (Å²) >= 11 is 3.05. The van der Waals surface area contributed by atoms with E-state index in [4.69, 9.17) is 0 Å². The fraction of sp³-hybridized carbons (Fsp3) is 0.500. The Bertz CT molecular complexity index is 425. The standard InChI is InChI=1S/C12H15BrF2N2O/c13-8-1-2-9(14)11(12(8)15)10(7-18)17-5-3-16-4-6-17/h1-2,10,16,18H,3-7H2/t10-/m1/s1. The number of nitrogens with zero attached hydrogens (tertiary/aromatic N) is 1. The molecule has 3 nitrogen and oxygen atoms in total. The van der Waals surface area contributed by atoms with Gasteiger partial charge in [-0.15, -0.1) is 0 Å². The molecular weight excluding hydrogens is 306 g/mol. The molecule has 0 amide bonds. The molecular formula is C12H15BrF2N2O. The number of benzene rings is 1. The fourth-order valence-electron chi connectivity index (χ4n) is 2.23. The van der Waals surface area contributed by atoms with E-state index in [-0.39, 0.29) is 16.6 Å². The van der Waals surface area contributed by atoms with Crippen molar-refractivity contribution in [2.24, 2.45) is 0 Å². The molecule has 100 valence electrons. The predicted molar refractivity (Wildman–Crippen MR) is 68.3 cm³/mol. The smallest absolute Gasteiger partial charge is 0.145 e. The minimum atomic E-state index is -0.635. The molecule has 0 aliphatic carbocycles. The maximum absolute atomic E-state index is 14.0. The zero-order valence-electron chi connectivity index (χ0n) is 9.80. The van der Waals surface area contributed by atoms with Crippen LogP contribution in [0.25, 0.3) is 0 Å². The Morgan fingerprint density at radius 2 is 2.00 bits per heavy atom. The van der Waals surface area contributed by atoms with Crippen LogP contribution in [-0.2, 0) is 0 Å². The van der Waals surface area contributed by atoms with E-state index in [1.165, 1.54) is 12.1 Å². The maximum atomic E-state index is 14.0. The molecule has 1 aromatic rings. The quantitative estimate of drug-likeness (QED) is 0.832. The number of halogens is 3. The first-order valence-corrected chi connectivity index (χ1v) is 6.63. The molecule has 0 radical (unpaired) electrons. The first kappa shape index (κ1) is 13.9. The van der Waals surface area contributed by atoms with E-state index in [2.05, 4.69) is 21.2 Å². The van der Waals surface area contributed by atoms with Crippen molar-refractivity contribution >= 4 is 15.9 Å².